The Morgan fingerprint density at radius 2 is 1.45 bits per heavy atom. The third-order valence-corrected chi connectivity index (χ3v) is 13.6. The van der Waals surface area contributed by atoms with Gasteiger partial charge in [0.25, 0.3) is 20.2 Å². The molecule has 1 aromatic carbocycles. The summed E-state index contributed by atoms with van der Waals surface area (Å²) in [5.41, 5.74) is 1.96. The van der Waals surface area contributed by atoms with E-state index in [0.717, 1.165) is 36.4 Å². The maximum atomic E-state index is 12.6. The molecule has 2 aliphatic heterocycles. The number of benzene rings is 1. The Kier molecular flexibility index (Phi) is 22.0. The number of carbonyl (C=O) groups excluding carboxylic acids is 2. The van der Waals surface area contributed by atoms with Gasteiger partial charge in [0, 0.05) is 94.9 Å². The van der Waals surface area contributed by atoms with E-state index in [9.17, 15) is 45.4 Å². The zero-order valence-electron chi connectivity index (χ0n) is 38.8. The van der Waals surface area contributed by atoms with Gasteiger partial charge in [-0.05, 0) is 88.3 Å². The van der Waals surface area contributed by atoms with Gasteiger partial charge in [-0.1, -0.05) is 44.9 Å². The van der Waals surface area contributed by atoms with Crippen LogP contribution in [0.2, 0.25) is 0 Å². The van der Waals surface area contributed by atoms with Gasteiger partial charge in [-0.3, -0.25) is 23.5 Å². The zero-order chi connectivity index (χ0) is 48.3. The maximum Gasteiger partial charge on any atom is 0.303 e. The van der Waals surface area contributed by atoms with Crippen molar-refractivity contribution in [2.24, 2.45) is 5.41 Å². The second-order valence-corrected chi connectivity index (χ2v) is 20.1. The van der Waals surface area contributed by atoms with Gasteiger partial charge in [-0.15, -0.1) is 0 Å². The van der Waals surface area contributed by atoms with Crippen LogP contribution in [-0.2, 0) is 49.5 Å². The molecule has 1 atom stereocenters. The van der Waals surface area contributed by atoms with Crippen molar-refractivity contribution in [3.05, 3.63) is 83.0 Å². The fourth-order valence-corrected chi connectivity index (χ4v) is 9.28. The lowest BCUT2D eigenvalue weighted by atomic mass is 9.74. The minimum atomic E-state index is -4.62. The number of allylic oxidation sites excluding steroid dienone is 6. The van der Waals surface area contributed by atoms with Gasteiger partial charge in [0.2, 0.25) is 17.5 Å². The van der Waals surface area contributed by atoms with Crippen molar-refractivity contribution in [1.29, 1.82) is 0 Å². The van der Waals surface area contributed by atoms with Crippen molar-refractivity contribution < 1.29 is 59.5 Å². The van der Waals surface area contributed by atoms with Crippen LogP contribution in [0.4, 0.5) is 5.69 Å². The molecule has 0 saturated carbocycles. The standard InChI is InChI=1S/C47H70N4O12S2/c1-36-34-37(64(56,57)58)18-17-30-50(29-14-8-10-21-43(52)48-27-32-62-5)42(47(36,4)26-13-7-12-23-45(54)55)20-16-19-41-46(2,3)39-35-38(65(59,60)61)24-25-40(39)51(41)31-15-9-11-22-44(53)49-28-33-63-6/h16-20,24-25,34-35H,1,7-15,21-23,26-33H2,2-6H3,(H4-,48,49,52,53,54,55,56,57,58,59,60,61)/p+1/b18-17-,37-34+. The number of fused-ring (bicyclic) bond motifs is 1. The summed E-state index contributed by atoms with van der Waals surface area (Å²) in [7, 11) is -5.98. The molecular weight excluding hydrogens is 877 g/mol. The van der Waals surface area contributed by atoms with Gasteiger partial charge in [0.15, 0.2) is 5.71 Å². The van der Waals surface area contributed by atoms with E-state index in [-0.39, 0.29) is 34.6 Å². The monoisotopic (exact) mass is 947 g/mol. The number of nitrogens with zero attached hydrogens (tertiary/aromatic N) is 2. The lowest BCUT2D eigenvalue weighted by molar-refractivity contribution is -0.438. The number of hydrogen-bond donors (Lipinski definition) is 5. The highest BCUT2D eigenvalue weighted by Gasteiger charge is 2.45. The highest BCUT2D eigenvalue weighted by atomic mass is 32.2. The van der Waals surface area contributed by atoms with Crippen LogP contribution in [0.1, 0.15) is 110 Å². The Labute approximate surface area is 386 Å². The molecule has 1 unspecified atom stereocenters. The number of carboxylic acids is 1. The summed E-state index contributed by atoms with van der Waals surface area (Å²) in [5.74, 6) is -1.00. The Morgan fingerprint density at radius 3 is 2.03 bits per heavy atom. The third kappa shape index (κ3) is 17.0. The highest BCUT2D eigenvalue weighted by molar-refractivity contribution is 7.90. The second-order valence-electron chi connectivity index (χ2n) is 17.2. The number of aliphatic carboxylic acids is 1. The van der Waals surface area contributed by atoms with E-state index >= 15 is 0 Å². The molecule has 2 heterocycles. The maximum absolute atomic E-state index is 12.6. The van der Waals surface area contributed by atoms with Crippen molar-refractivity contribution in [3.8, 4) is 0 Å². The molecule has 0 aliphatic carbocycles. The SMILES string of the molecule is C=C1/C=C(S(=O)(=O)O)\C=C/CN(CCCCCC(=O)NCCOC)C(=CC=CC2=[N+](CCCCCC(=O)NCCOC)c3ccc(S(=O)(=O)O)cc3C2(C)C)C1(C)CCCCCC(=O)O. The fourth-order valence-electron chi connectivity index (χ4n) is 8.21. The molecule has 0 radical (unpaired) electrons. The molecule has 362 valence electrons. The number of ether oxygens (including phenoxy) is 2. The van der Waals surface area contributed by atoms with Crippen LogP contribution >= 0.6 is 0 Å². The number of rotatable bonds is 28. The van der Waals surface area contributed by atoms with Crippen molar-refractivity contribution in [3.63, 3.8) is 0 Å². The van der Waals surface area contributed by atoms with E-state index in [1.165, 1.54) is 24.3 Å². The first-order valence-corrected chi connectivity index (χ1v) is 25.2. The summed E-state index contributed by atoms with van der Waals surface area (Å²) in [6, 6.07) is 4.58. The zero-order valence-corrected chi connectivity index (χ0v) is 40.4. The number of nitrogens with one attached hydrogen (secondary N) is 2. The van der Waals surface area contributed by atoms with Crippen LogP contribution in [0.25, 0.3) is 0 Å². The number of carboxylic acid groups (broad SMARTS) is 1. The molecule has 18 heteroatoms. The number of methoxy groups -OCH3 is 2. The van der Waals surface area contributed by atoms with Crippen molar-refractivity contribution in [2.75, 3.05) is 60.2 Å². The summed E-state index contributed by atoms with van der Waals surface area (Å²) in [6.45, 7) is 13.4. The Balaban J connectivity index is 2.11. The molecule has 0 fully saturated rings. The first kappa shape index (κ1) is 54.9. The van der Waals surface area contributed by atoms with Crippen LogP contribution in [0.5, 0.6) is 0 Å². The Morgan fingerprint density at radius 1 is 0.846 bits per heavy atom. The number of amides is 2. The minimum absolute atomic E-state index is 0.0135. The van der Waals surface area contributed by atoms with Crippen molar-refractivity contribution in [1.82, 2.24) is 15.5 Å². The third-order valence-electron chi connectivity index (χ3n) is 11.9. The number of hydrogen-bond acceptors (Lipinski definition) is 10. The quantitative estimate of drug-likeness (QED) is 0.0338. The van der Waals surface area contributed by atoms with Crippen molar-refractivity contribution in [2.45, 2.75) is 115 Å². The fraction of sp³-hybridized carbons (Fsp3) is 0.574. The summed E-state index contributed by atoms with van der Waals surface area (Å²) in [5, 5.41) is 15.0. The first-order chi connectivity index (χ1) is 30.7. The second kappa shape index (κ2) is 26.0. The predicted octanol–water partition coefficient (Wildman–Crippen LogP) is 6.64. The molecule has 5 N–H and O–H groups in total. The lowest BCUT2D eigenvalue weighted by Crippen LogP contribution is -2.35. The van der Waals surface area contributed by atoms with E-state index in [0.29, 0.717) is 108 Å². The Bertz CT molecular complexity index is 2210. The van der Waals surface area contributed by atoms with E-state index in [2.05, 4.69) is 26.7 Å². The van der Waals surface area contributed by atoms with Gasteiger partial charge in [0.05, 0.1) is 28.4 Å². The average molecular weight is 948 g/mol. The molecule has 0 aromatic heterocycles. The molecule has 2 aliphatic rings. The molecule has 0 saturated heterocycles. The van der Waals surface area contributed by atoms with E-state index in [4.69, 9.17) is 9.47 Å². The molecule has 1 aromatic rings. The van der Waals surface area contributed by atoms with Gasteiger partial charge < -0.3 is 30.1 Å². The van der Waals surface area contributed by atoms with Crippen LogP contribution in [0.3, 0.4) is 0 Å². The molecule has 2 amide bonds. The van der Waals surface area contributed by atoms with Crippen molar-refractivity contribution >= 4 is 49.4 Å². The van der Waals surface area contributed by atoms with Gasteiger partial charge in [-0.25, -0.2) is 0 Å². The van der Waals surface area contributed by atoms with E-state index in [1.54, 1.807) is 26.4 Å². The van der Waals surface area contributed by atoms with E-state index in [1.807, 2.05) is 39.0 Å². The molecule has 3 rings (SSSR count). The minimum Gasteiger partial charge on any atom is -0.481 e. The summed E-state index contributed by atoms with van der Waals surface area (Å²) >= 11 is 0. The highest BCUT2D eigenvalue weighted by Crippen LogP contribution is 2.45. The Hall–Kier alpha value is -4.46. The summed E-state index contributed by atoms with van der Waals surface area (Å²) < 4.78 is 82.1. The predicted molar refractivity (Wildman–Crippen MR) is 251 cm³/mol. The molecule has 16 nitrogen and oxygen atoms in total. The van der Waals surface area contributed by atoms with Crippen LogP contribution in [-0.4, -0.2) is 124 Å². The average Bonchev–Trinajstić information content (AvgIpc) is 3.46. The first-order valence-electron chi connectivity index (χ1n) is 22.4. The molecule has 65 heavy (non-hydrogen) atoms. The smallest absolute Gasteiger partial charge is 0.303 e. The van der Waals surface area contributed by atoms with Crippen LogP contribution in [0.15, 0.2) is 82.3 Å². The lowest BCUT2D eigenvalue weighted by Gasteiger charge is -2.40. The van der Waals surface area contributed by atoms with Gasteiger partial charge in [-0.2, -0.15) is 21.4 Å². The largest absolute Gasteiger partial charge is 0.481 e. The topological polar surface area (TPSA) is 229 Å². The molecule has 0 bridgehead atoms. The summed E-state index contributed by atoms with van der Waals surface area (Å²) in [4.78, 5) is 37.6. The van der Waals surface area contributed by atoms with Gasteiger partial charge >= 0.3 is 5.97 Å². The van der Waals surface area contributed by atoms with Gasteiger partial charge in [0.1, 0.15) is 6.54 Å². The van der Waals surface area contributed by atoms with E-state index < -0.39 is 37.0 Å². The number of carbonyl (C=O) groups is 3. The van der Waals surface area contributed by atoms with Crippen LogP contribution in [0, 0.1) is 5.41 Å². The number of unbranched alkanes of at least 4 members (excludes halogenated alkanes) is 6. The normalized spacial score (nSPS) is 19.7. The molecule has 0 spiro atoms. The summed E-state index contributed by atoms with van der Waals surface area (Å²) in [6.07, 6.45) is 17.4. The van der Waals surface area contributed by atoms with Crippen LogP contribution < -0.4 is 10.6 Å². The molecular formula is C47H71N4O12S2+.